The molecule has 1 N–H and O–H groups in total. The van der Waals surface area contributed by atoms with Crippen molar-refractivity contribution in [1.82, 2.24) is 10.3 Å². The predicted molar refractivity (Wildman–Crippen MR) is 77.5 cm³/mol. The summed E-state index contributed by atoms with van der Waals surface area (Å²) in [7, 11) is 1.56. The molecular formula is C15H24N2O3. The van der Waals surface area contributed by atoms with Gasteiger partial charge in [0.25, 0.3) is 0 Å². The van der Waals surface area contributed by atoms with Crippen molar-refractivity contribution in [2.45, 2.75) is 39.8 Å². The SMILES string of the molecule is COc1cc(CNC(=O)[C@H](C)OCCC(C)C)ccn1. The molecule has 0 radical (unpaired) electrons. The second-order valence-corrected chi connectivity index (χ2v) is 5.12. The minimum absolute atomic E-state index is 0.107. The molecule has 0 aliphatic rings. The van der Waals surface area contributed by atoms with E-state index in [1.165, 1.54) is 0 Å². The molecule has 0 unspecified atom stereocenters. The smallest absolute Gasteiger partial charge is 0.249 e. The van der Waals surface area contributed by atoms with Crippen molar-refractivity contribution in [2.75, 3.05) is 13.7 Å². The number of hydrogen-bond acceptors (Lipinski definition) is 4. The van der Waals surface area contributed by atoms with Crippen LogP contribution in [0.1, 0.15) is 32.8 Å². The molecule has 0 aromatic carbocycles. The number of nitrogens with zero attached hydrogens (tertiary/aromatic N) is 1. The van der Waals surface area contributed by atoms with E-state index in [4.69, 9.17) is 9.47 Å². The fourth-order valence-electron chi connectivity index (χ4n) is 1.56. The summed E-state index contributed by atoms with van der Waals surface area (Å²) >= 11 is 0. The molecule has 1 heterocycles. The largest absolute Gasteiger partial charge is 0.481 e. The number of carbonyl (C=O) groups excluding carboxylic acids is 1. The third kappa shape index (κ3) is 6.02. The van der Waals surface area contributed by atoms with E-state index in [9.17, 15) is 4.79 Å². The van der Waals surface area contributed by atoms with E-state index >= 15 is 0 Å². The van der Waals surface area contributed by atoms with E-state index in [-0.39, 0.29) is 5.91 Å². The molecule has 1 aromatic rings. The second-order valence-electron chi connectivity index (χ2n) is 5.12. The van der Waals surface area contributed by atoms with Crippen molar-refractivity contribution in [1.29, 1.82) is 0 Å². The van der Waals surface area contributed by atoms with Crippen molar-refractivity contribution in [3.63, 3.8) is 0 Å². The van der Waals surface area contributed by atoms with Crippen LogP contribution in [0, 0.1) is 5.92 Å². The molecule has 112 valence electrons. The minimum Gasteiger partial charge on any atom is -0.481 e. The van der Waals surface area contributed by atoms with Crippen molar-refractivity contribution in [3.05, 3.63) is 23.9 Å². The van der Waals surface area contributed by atoms with Gasteiger partial charge in [0.05, 0.1) is 7.11 Å². The van der Waals surface area contributed by atoms with Gasteiger partial charge in [0, 0.05) is 25.4 Å². The first-order valence-corrected chi connectivity index (χ1v) is 6.91. The van der Waals surface area contributed by atoms with Crippen LogP contribution in [0.5, 0.6) is 5.88 Å². The Morgan fingerprint density at radius 1 is 1.40 bits per heavy atom. The number of nitrogens with one attached hydrogen (secondary N) is 1. The highest BCUT2D eigenvalue weighted by molar-refractivity contribution is 5.80. The van der Waals surface area contributed by atoms with E-state index in [0.717, 1.165) is 12.0 Å². The van der Waals surface area contributed by atoms with E-state index in [2.05, 4.69) is 24.1 Å². The molecule has 1 amide bonds. The Morgan fingerprint density at radius 2 is 2.15 bits per heavy atom. The fraction of sp³-hybridized carbons (Fsp3) is 0.600. The number of methoxy groups -OCH3 is 1. The number of pyridine rings is 1. The summed E-state index contributed by atoms with van der Waals surface area (Å²) in [5.74, 6) is 1.01. The van der Waals surface area contributed by atoms with Crippen LogP contribution < -0.4 is 10.1 Å². The maximum absolute atomic E-state index is 11.9. The van der Waals surface area contributed by atoms with Gasteiger partial charge in [-0.3, -0.25) is 4.79 Å². The van der Waals surface area contributed by atoms with E-state index < -0.39 is 6.10 Å². The molecule has 0 aliphatic carbocycles. The molecule has 0 saturated carbocycles. The van der Waals surface area contributed by atoms with E-state index in [1.807, 2.05) is 6.07 Å². The summed E-state index contributed by atoms with van der Waals surface area (Å²) in [4.78, 5) is 15.9. The quantitative estimate of drug-likeness (QED) is 0.792. The standard InChI is InChI=1S/C15H24N2O3/c1-11(2)6-8-20-12(3)15(18)17-10-13-5-7-16-14(9-13)19-4/h5,7,9,11-12H,6,8,10H2,1-4H3,(H,17,18)/t12-/m0/s1. The molecule has 20 heavy (non-hydrogen) atoms. The Morgan fingerprint density at radius 3 is 2.80 bits per heavy atom. The normalized spacial score (nSPS) is 12.2. The predicted octanol–water partition coefficient (Wildman–Crippen LogP) is 2.16. The lowest BCUT2D eigenvalue weighted by Gasteiger charge is -2.14. The van der Waals surface area contributed by atoms with Crippen LogP contribution in [0.15, 0.2) is 18.3 Å². The Bertz CT molecular complexity index is 421. The van der Waals surface area contributed by atoms with Crippen LogP contribution >= 0.6 is 0 Å². The highest BCUT2D eigenvalue weighted by atomic mass is 16.5. The molecule has 5 nitrogen and oxygen atoms in total. The van der Waals surface area contributed by atoms with E-state index in [1.54, 1.807) is 26.3 Å². The van der Waals surface area contributed by atoms with Crippen LogP contribution in [-0.4, -0.2) is 30.7 Å². The Labute approximate surface area is 120 Å². The lowest BCUT2D eigenvalue weighted by atomic mass is 10.1. The first-order chi connectivity index (χ1) is 9.52. The zero-order valence-electron chi connectivity index (χ0n) is 12.7. The van der Waals surface area contributed by atoms with Gasteiger partial charge in [-0.05, 0) is 30.9 Å². The van der Waals surface area contributed by atoms with Gasteiger partial charge in [0.15, 0.2) is 0 Å². The summed E-state index contributed by atoms with van der Waals surface area (Å²) in [6, 6.07) is 3.64. The van der Waals surface area contributed by atoms with Gasteiger partial charge in [0.2, 0.25) is 11.8 Å². The topological polar surface area (TPSA) is 60.5 Å². The van der Waals surface area contributed by atoms with Gasteiger partial charge in [0.1, 0.15) is 6.10 Å². The van der Waals surface area contributed by atoms with Crippen LogP contribution in [0.4, 0.5) is 0 Å². The molecule has 1 rings (SSSR count). The molecule has 0 aliphatic heterocycles. The number of rotatable bonds is 8. The highest BCUT2D eigenvalue weighted by Gasteiger charge is 2.13. The van der Waals surface area contributed by atoms with Crippen LogP contribution in [0.2, 0.25) is 0 Å². The molecular weight excluding hydrogens is 256 g/mol. The van der Waals surface area contributed by atoms with Crippen LogP contribution in [0.25, 0.3) is 0 Å². The Hall–Kier alpha value is -1.62. The number of amides is 1. The molecule has 0 fully saturated rings. The summed E-state index contributed by atoms with van der Waals surface area (Å²) in [6.45, 7) is 7.07. The van der Waals surface area contributed by atoms with Gasteiger partial charge in [-0.2, -0.15) is 0 Å². The molecule has 1 atom stereocenters. The second kappa shape index (κ2) is 8.53. The summed E-state index contributed by atoms with van der Waals surface area (Å²) in [5.41, 5.74) is 0.944. The fourth-order valence-corrected chi connectivity index (χ4v) is 1.56. The molecule has 5 heteroatoms. The maximum Gasteiger partial charge on any atom is 0.249 e. The molecule has 0 spiro atoms. The van der Waals surface area contributed by atoms with Crippen LogP contribution in [0.3, 0.4) is 0 Å². The summed E-state index contributed by atoms with van der Waals surface area (Å²) in [6.07, 6.45) is 2.18. The molecule has 1 aromatic heterocycles. The lowest BCUT2D eigenvalue weighted by molar-refractivity contribution is -0.132. The van der Waals surface area contributed by atoms with Crippen molar-refractivity contribution in [2.24, 2.45) is 5.92 Å². The highest BCUT2D eigenvalue weighted by Crippen LogP contribution is 2.08. The summed E-state index contributed by atoms with van der Waals surface area (Å²) < 4.78 is 10.5. The first-order valence-electron chi connectivity index (χ1n) is 6.91. The zero-order chi connectivity index (χ0) is 15.0. The number of aromatic nitrogens is 1. The van der Waals surface area contributed by atoms with Gasteiger partial charge in [-0.1, -0.05) is 13.8 Å². The lowest BCUT2D eigenvalue weighted by Crippen LogP contribution is -2.34. The van der Waals surface area contributed by atoms with Crippen molar-refractivity contribution < 1.29 is 14.3 Å². The van der Waals surface area contributed by atoms with Crippen molar-refractivity contribution >= 4 is 5.91 Å². The summed E-state index contributed by atoms with van der Waals surface area (Å²) in [5, 5.41) is 2.84. The first kappa shape index (κ1) is 16.4. The van der Waals surface area contributed by atoms with Crippen molar-refractivity contribution in [3.8, 4) is 5.88 Å². The third-order valence-electron chi connectivity index (χ3n) is 2.91. The maximum atomic E-state index is 11.9. The monoisotopic (exact) mass is 280 g/mol. The van der Waals surface area contributed by atoms with Crippen LogP contribution in [-0.2, 0) is 16.1 Å². The Balaban J connectivity index is 2.34. The average molecular weight is 280 g/mol. The molecule has 0 bridgehead atoms. The Kier molecular flexibility index (Phi) is 7.01. The third-order valence-corrected chi connectivity index (χ3v) is 2.91. The number of ether oxygens (including phenoxy) is 2. The number of carbonyl (C=O) groups is 1. The average Bonchev–Trinajstić information content (AvgIpc) is 2.44. The van der Waals surface area contributed by atoms with Gasteiger partial charge < -0.3 is 14.8 Å². The van der Waals surface area contributed by atoms with Gasteiger partial charge in [-0.25, -0.2) is 4.98 Å². The number of hydrogen-bond donors (Lipinski definition) is 1. The van der Waals surface area contributed by atoms with E-state index in [0.29, 0.717) is 24.9 Å². The van der Waals surface area contributed by atoms with Gasteiger partial charge in [-0.15, -0.1) is 0 Å². The zero-order valence-corrected chi connectivity index (χ0v) is 12.7. The minimum atomic E-state index is -0.433. The van der Waals surface area contributed by atoms with Gasteiger partial charge >= 0.3 is 0 Å². The molecule has 0 saturated heterocycles.